The van der Waals surface area contributed by atoms with Gasteiger partial charge in [0.1, 0.15) is 0 Å². The largest absolute Gasteiger partial charge is 0.368 e. The first-order valence-corrected chi connectivity index (χ1v) is 12.2. The first-order chi connectivity index (χ1) is 16.7. The highest BCUT2D eigenvalue weighted by Gasteiger charge is 2.32. The number of benzene rings is 3. The third-order valence-electron chi connectivity index (χ3n) is 7.08. The fourth-order valence-corrected chi connectivity index (χ4v) is 5.03. The van der Waals surface area contributed by atoms with Crippen molar-refractivity contribution in [2.45, 2.75) is 12.8 Å². The molecule has 5 heteroatoms. The van der Waals surface area contributed by atoms with E-state index in [-0.39, 0.29) is 17.7 Å². The number of para-hydroxylation sites is 1. The molecule has 0 unspecified atom stereocenters. The zero-order chi connectivity index (χ0) is 23.3. The van der Waals surface area contributed by atoms with Gasteiger partial charge in [-0.2, -0.15) is 0 Å². The lowest BCUT2D eigenvalue weighted by atomic mass is 9.94. The molecule has 2 aliphatic rings. The average Bonchev–Trinajstić information content (AvgIpc) is 2.93. The van der Waals surface area contributed by atoms with Gasteiger partial charge in [-0.25, -0.2) is 0 Å². The van der Waals surface area contributed by atoms with E-state index in [1.54, 1.807) is 0 Å². The van der Waals surface area contributed by atoms with Gasteiger partial charge in [0.25, 0.3) is 5.91 Å². The Balaban J connectivity index is 1.12. The van der Waals surface area contributed by atoms with Crippen LogP contribution < -0.4 is 4.90 Å². The normalized spacial score (nSPS) is 17.0. The number of hydrogen-bond donors (Lipinski definition) is 0. The molecule has 2 fully saturated rings. The third-order valence-corrected chi connectivity index (χ3v) is 7.08. The Morgan fingerprint density at radius 1 is 0.588 bits per heavy atom. The lowest BCUT2D eigenvalue weighted by Gasteiger charge is -2.39. The SMILES string of the molecule is O=C(c1ccc(-c2ccccc2)cc1)N1CCC(C(=O)N2CCN(c3ccccc3)CC2)CC1. The van der Waals surface area contributed by atoms with Gasteiger partial charge in [-0.1, -0.05) is 60.7 Å². The van der Waals surface area contributed by atoms with Crippen molar-refractivity contribution in [1.82, 2.24) is 9.80 Å². The van der Waals surface area contributed by atoms with Gasteiger partial charge in [0.15, 0.2) is 0 Å². The van der Waals surface area contributed by atoms with E-state index in [2.05, 4.69) is 41.3 Å². The van der Waals surface area contributed by atoms with Crippen LogP contribution >= 0.6 is 0 Å². The molecule has 5 rings (SSSR count). The van der Waals surface area contributed by atoms with Crippen LogP contribution in [-0.4, -0.2) is 60.9 Å². The molecule has 5 nitrogen and oxygen atoms in total. The van der Waals surface area contributed by atoms with Gasteiger partial charge < -0.3 is 14.7 Å². The quantitative estimate of drug-likeness (QED) is 0.582. The molecule has 2 heterocycles. The summed E-state index contributed by atoms with van der Waals surface area (Å²) in [6.45, 7) is 4.54. The first-order valence-electron chi connectivity index (χ1n) is 12.2. The number of amides is 2. The van der Waals surface area contributed by atoms with E-state index in [1.165, 1.54) is 5.69 Å². The molecular formula is C29H31N3O2. The van der Waals surface area contributed by atoms with Crippen LogP contribution in [0.3, 0.4) is 0 Å². The van der Waals surface area contributed by atoms with Crippen molar-refractivity contribution < 1.29 is 9.59 Å². The van der Waals surface area contributed by atoms with Crippen LogP contribution in [0.25, 0.3) is 11.1 Å². The molecule has 3 aromatic rings. The second-order valence-electron chi connectivity index (χ2n) is 9.16. The highest BCUT2D eigenvalue weighted by Crippen LogP contribution is 2.24. The molecular weight excluding hydrogens is 422 g/mol. The van der Waals surface area contributed by atoms with Crippen LogP contribution in [-0.2, 0) is 4.79 Å². The second kappa shape index (κ2) is 10.1. The predicted octanol–water partition coefficient (Wildman–Crippen LogP) is 4.55. The Hall–Kier alpha value is -3.60. The number of piperidine rings is 1. The number of rotatable bonds is 4. The van der Waals surface area contributed by atoms with E-state index in [1.807, 2.05) is 58.3 Å². The molecule has 0 saturated carbocycles. The molecule has 2 aliphatic heterocycles. The Morgan fingerprint density at radius 2 is 1.15 bits per heavy atom. The lowest BCUT2D eigenvalue weighted by molar-refractivity contribution is -0.137. The zero-order valence-electron chi connectivity index (χ0n) is 19.5. The smallest absolute Gasteiger partial charge is 0.253 e. The molecule has 3 aromatic carbocycles. The fourth-order valence-electron chi connectivity index (χ4n) is 5.03. The van der Waals surface area contributed by atoms with Crippen LogP contribution in [0.2, 0.25) is 0 Å². The van der Waals surface area contributed by atoms with E-state index in [0.29, 0.717) is 18.7 Å². The van der Waals surface area contributed by atoms with Gasteiger partial charge in [0, 0.05) is 56.4 Å². The monoisotopic (exact) mass is 453 g/mol. The van der Waals surface area contributed by atoms with Crippen molar-refractivity contribution in [3.63, 3.8) is 0 Å². The van der Waals surface area contributed by atoms with E-state index < -0.39 is 0 Å². The van der Waals surface area contributed by atoms with Crippen molar-refractivity contribution in [2.75, 3.05) is 44.2 Å². The van der Waals surface area contributed by atoms with Crippen molar-refractivity contribution in [3.8, 4) is 11.1 Å². The number of anilines is 1. The number of piperazine rings is 1. The summed E-state index contributed by atoms with van der Waals surface area (Å²) < 4.78 is 0. The highest BCUT2D eigenvalue weighted by molar-refractivity contribution is 5.95. The van der Waals surface area contributed by atoms with Crippen LogP contribution in [0, 0.1) is 5.92 Å². The van der Waals surface area contributed by atoms with Crippen LogP contribution in [0.15, 0.2) is 84.9 Å². The van der Waals surface area contributed by atoms with Gasteiger partial charge in [-0.05, 0) is 48.2 Å². The molecule has 174 valence electrons. The first kappa shape index (κ1) is 22.2. The molecule has 0 spiro atoms. The van der Waals surface area contributed by atoms with Gasteiger partial charge in [-0.15, -0.1) is 0 Å². The molecule has 0 atom stereocenters. The van der Waals surface area contributed by atoms with Crippen LogP contribution in [0.5, 0.6) is 0 Å². The van der Waals surface area contributed by atoms with Gasteiger partial charge in [-0.3, -0.25) is 9.59 Å². The highest BCUT2D eigenvalue weighted by atomic mass is 16.2. The van der Waals surface area contributed by atoms with Crippen molar-refractivity contribution >= 4 is 17.5 Å². The molecule has 2 amide bonds. The number of nitrogens with zero attached hydrogens (tertiary/aromatic N) is 3. The Labute approximate surface area is 201 Å². The van der Waals surface area contributed by atoms with E-state index in [4.69, 9.17) is 0 Å². The topological polar surface area (TPSA) is 43.9 Å². The third kappa shape index (κ3) is 4.84. The second-order valence-corrected chi connectivity index (χ2v) is 9.16. The molecule has 0 aromatic heterocycles. The van der Waals surface area contributed by atoms with Crippen molar-refractivity contribution in [3.05, 3.63) is 90.5 Å². The summed E-state index contributed by atoms with van der Waals surface area (Å²) in [6.07, 6.45) is 1.48. The standard InChI is InChI=1S/C29H31N3O2/c33-28(25-13-11-24(12-14-25)23-7-3-1-4-8-23)31-17-15-26(16-18-31)29(34)32-21-19-30(20-22-32)27-9-5-2-6-10-27/h1-14,26H,15-22H2. The van der Waals surface area contributed by atoms with Crippen molar-refractivity contribution in [2.24, 2.45) is 5.92 Å². The summed E-state index contributed by atoms with van der Waals surface area (Å²) in [5.74, 6) is 0.335. The lowest BCUT2D eigenvalue weighted by Crippen LogP contribution is -2.52. The molecule has 0 radical (unpaired) electrons. The molecule has 2 saturated heterocycles. The Kier molecular flexibility index (Phi) is 6.61. The van der Waals surface area contributed by atoms with E-state index in [9.17, 15) is 9.59 Å². The summed E-state index contributed by atoms with van der Waals surface area (Å²) in [4.78, 5) is 32.4. The zero-order valence-corrected chi connectivity index (χ0v) is 19.5. The Bertz CT molecular complexity index is 1100. The minimum absolute atomic E-state index is 0.0211. The fraction of sp³-hybridized carbons (Fsp3) is 0.310. The maximum Gasteiger partial charge on any atom is 0.253 e. The van der Waals surface area contributed by atoms with Crippen LogP contribution in [0.4, 0.5) is 5.69 Å². The average molecular weight is 454 g/mol. The predicted molar refractivity (Wildman–Crippen MR) is 136 cm³/mol. The molecule has 0 aliphatic carbocycles. The number of carbonyl (C=O) groups is 2. The van der Waals surface area contributed by atoms with Gasteiger partial charge >= 0.3 is 0 Å². The summed E-state index contributed by atoms with van der Waals surface area (Å²) in [5.41, 5.74) is 4.18. The summed E-state index contributed by atoms with van der Waals surface area (Å²) in [7, 11) is 0. The van der Waals surface area contributed by atoms with E-state index in [0.717, 1.165) is 50.1 Å². The maximum atomic E-state index is 13.1. The summed E-state index contributed by atoms with van der Waals surface area (Å²) in [6, 6.07) is 28.4. The van der Waals surface area contributed by atoms with Crippen LogP contribution in [0.1, 0.15) is 23.2 Å². The Morgan fingerprint density at radius 3 is 1.76 bits per heavy atom. The van der Waals surface area contributed by atoms with E-state index >= 15 is 0 Å². The minimum Gasteiger partial charge on any atom is -0.368 e. The van der Waals surface area contributed by atoms with Gasteiger partial charge in [0.05, 0.1) is 0 Å². The minimum atomic E-state index is 0.0211. The maximum absolute atomic E-state index is 13.1. The number of hydrogen-bond acceptors (Lipinski definition) is 3. The molecule has 34 heavy (non-hydrogen) atoms. The van der Waals surface area contributed by atoms with Gasteiger partial charge in [0.2, 0.25) is 5.91 Å². The summed E-state index contributed by atoms with van der Waals surface area (Å²) in [5, 5.41) is 0. The molecule has 0 bridgehead atoms. The number of carbonyl (C=O) groups excluding carboxylic acids is 2. The van der Waals surface area contributed by atoms with Crippen molar-refractivity contribution in [1.29, 1.82) is 0 Å². The number of likely N-dealkylation sites (tertiary alicyclic amines) is 1. The molecule has 0 N–H and O–H groups in total. The summed E-state index contributed by atoms with van der Waals surface area (Å²) >= 11 is 0.